The second-order valence-electron chi connectivity index (χ2n) is 13.9. The van der Waals surface area contributed by atoms with E-state index in [0.29, 0.717) is 0 Å². The molecule has 0 spiro atoms. The second-order valence-corrected chi connectivity index (χ2v) is 23.6. The van der Waals surface area contributed by atoms with Crippen molar-refractivity contribution < 1.29 is 15.7 Å². The van der Waals surface area contributed by atoms with E-state index in [1.165, 1.54) is 189 Å². The third-order valence-corrected chi connectivity index (χ3v) is 20.0. The van der Waals surface area contributed by atoms with E-state index < -0.39 is 19.2 Å². The molecule has 0 aliphatic heterocycles. The van der Waals surface area contributed by atoms with Gasteiger partial charge in [0.05, 0.1) is 0 Å². The minimum Gasteiger partial charge on any atom is -0.303 e. The van der Waals surface area contributed by atoms with Crippen molar-refractivity contribution in [1.82, 2.24) is 0 Å². The van der Waals surface area contributed by atoms with E-state index in [2.05, 4.69) is 13.8 Å². The molecule has 0 aromatic carbocycles. The summed E-state index contributed by atoms with van der Waals surface area (Å²) in [6, 6.07) is 0. The molecule has 5 heteroatoms. The van der Waals surface area contributed by atoms with Crippen LogP contribution in [0.15, 0.2) is 0 Å². The summed E-state index contributed by atoms with van der Waals surface area (Å²) in [5.74, 6) is 0. The van der Waals surface area contributed by atoms with Gasteiger partial charge in [0.25, 0.3) is 0 Å². The number of carbonyl (C=O) groups is 2. The van der Waals surface area contributed by atoms with Crippen LogP contribution in [0.4, 0.5) is 0 Å². The maximum absolute atomic E-state index is 10.5. The molecule has 0 fully saturated rings. The molecule has 0 aromatic rings. The Hall–Kier alpha value is 0.0587. The molecule has 0 aliphatic rings. The van der Waals surface area contributed by atoms with E-state index in [0.717, 1.165) is 51.5 Å². The third-order valence-electron chi connectivity index (χ3n) is 9.49. The van der Waals surface area contributed by atoms with Gasteiger partial charge in [-0.25, -0.2) is 0 Å². The zero-order valence-electron chi connectivity index (χ0n) is 30.7. The number of unbranched alkanes of at least 4 members (excludes halogenated alkanes) is 28. The smallest absolute Gasteiger partial charge is 0.303 e. The van der Waals surface area contributed by atoms with E-state index in [9.17, 15) is 9.59 Å². The van der Waals surface area contributed by atoms with Crippen molar-refractivity contribution in [3.8, 4) is 0 Å². The molecule has 268 valence electrons. The number of hydrogen-bond acceptors (Lipinski definition) is 4. The quantitative estimate of drug-likeness (QED) is 0.0356. The summed E-state index contributed by atoms with van der Waals surface area (Å²) in [6.07, 6.45) is 42.6. The van der Waals surface area contributed by atoms with Gasteiger partial charge in [0.2, 0.25) is 0 Å². The fourth-order valence-corrected chi connectivity index (χ4v) is 16.5. The van der Waals surface area contributed by atoms with E-state index in [-0.39, 0.29) is 0 Å². The predicted octanol–water partition coefficient (Wildman–Crippen LogP) is 13.4. The molecule has 4 nitrogen and oxygen atoms in total. The van der Waals surface area contributed by atoms with Crippen molar-refractivity contribution in [2.75, 3.05) is 13.2 Å². The molecule has 45 heavy (non-hydrogen) atoms. The first-order valence-corrected chi connectivity index (χ1v) is 26.8. The molecule has 0 radical (unpaired) electrons. The average Bonchev–Trinajstić information content (AvgIpc) is 3.05. The standard InChI is InChI=1S/2C12H23O2.2C8H17.Sn/c2*13-11-9-7-5-3-1-2-4-6-8-10-12-14;2*1-3-5-7-8-6-4-2;/h2*11H,1-10,12H2;2*1,3-8H2,2H3;/q2*-1;;;+2. The van der Waals surface area contributed by atoms with Crippen molar-refractivity contribution in [2.24, 2.45) is 0 Å². The van der Waals surface area contributed by atoms with Crippen LogP contribution in [0.1, 0.15) is 219 Å². The first-order valence-electron chi connectivity index (χ1n) is 20.4. The second kappa shape index (κ2) is 38.5. The Labute approximate surface area is 287 Å². The Kier molecular flexibility index (Phi) is 38.6. The van der Waals surface area contributed by atoms with Gasteiger partial charge >= 0.3 is 267 Å². The molecular formula is C40H80O4Sn. The number of aldehydes is 2. The van der Waals surface area contributed by atoms with Gasteiger partial charge in [-0.3, -0.25) is 0 Å². The number of hydrogen-bond donors (Lipinski definition) is 0. The van der Waals surface area contributed by atoms with E-state index in [1.54, 1.807) is 0 Å². The molecule has 0 rings (SSSR count). The Morgan fingerprint density at radius 3 is 0.933 bits per heavy atom. The van der Waals surface area contributed by atoms with Crippen LogP contribution in [0.3, 0.4) is 0 Å². The van der Waals surface area contributed by atoms with E-state index in [1.807, 2.05) is 0 Å². The molecule has 0 atom stereocenters. The molecular weight excluding hydrogens is 663 g/mol. The zero-order chi connectivity index (χ0) is 32.8. The normalized spacial score (nSPS) is 11.8. The fraction of sp³-hybridized carbons (Fsp3) is 0.950. The van der Waals surface area contributed by atoms with Crippen LogP contribution in [0.25, 0.3) is 0 Å². The Bertz CT molecular complexity index is 535. The van der Waals surface area contributed by atoms with E-state index in [4.69, 9.17) is 6.15 Å². The first kappa shape index (κ1) is 45.1. The van der Waals surface area contributed by atoms with Crippen molar-refractivity contribution in [1.29, 1.82) is 0 Å². The molecule has 0 heterocycles. The van der Waals surface area contributed by atoms with Gasteiger partial charge in [-0.15, -0.1) is 0 Å². The van der Waals surface area contributed by atoms with Crippen LogP contribution in [0, 0.1) is 0 Å². The molecule has 0 aromatic heterocycles. The van der Waals surface area contributed by atoms with Gasteiger partial charge < -0.3 is 9.59 Å². The zero-order valence-corrected chi connectivity index (χ0v) is 33.6. The molecule has 0 bridgehead atoms. The van der Waals surface area contributed by atoms with Crippen LogP contribution in [-0.2, 0) is 15.7 Å². The summed E-state index contributed by atoms with van der Waals surface area (Å²) in [6.45, 7) is 6.47. The summed E-state index contributed by atoms with van der Waals surface area (Å²) < 4.78 is 16.5. The van der Waals surface area contributed by atoms with Crippen LogP contribution >= 0.6 is 0 Å². The predicted molar refractivity (Wildman–Crippen MR) is 198 cm³/mol. The van der Waals surface area contributed by atoms with Gasteiger partial charge in [-0.05, 0) is 0 Å². The molecule has 0 saturated heterocycles. The summed E-state index contributed by atoms with van der Waals surface area (Å²) in [5.41, 5.74) is 0. The van der Waals surface area contributed by atoms with Crippen molar-refractivity contribution in [3.63, 3.8) is 0 Å². The van der Waals surface area contributed by atoms with Gasteiger partial charge in [0, 0.05) is 0 Å². The summed E-state index contributed by atoms with van der Waals surface area (Å²) in [4.78, 5) is 20.9. The van der Waals surface area contributed by atoms with Crippen LogP contribution in [0.2, 0.25) is 8.87 Å². The minimum absolute atomic E-state index is 0.736. The summed E-state index contributed by atoms with van der Waals surface area (Å²) >= 11 is -3.10. The first-order chi connectivity index (χ1) is 22.2. The molecule has 0 N–H and O–H groups in total. The van der Waals surface area contributed by atoms with Crippen molar-refractivity contribution in [3.05, 3.63) is 0 Å². The van der Waals surface area contributed by atoms with Crippen molar-refractivity contribution >= 4 is 31.8 Å². The third kappa shape index (κ3) is 33.7. The fourth-order valence-electron chi connectivity index (χ4n) is 6.46. The number of carbonyl (C=O) groups excluding carboxylic acids is 2. The van der Waals surface area contributed by atoms with Crippen molar-refractivity contribution in [2.45, 2.75) is 228 Å². The van der Waals surface area contributed by atoms with Crippen LogP contribution < -0.4 is 0 Å². The SMILES string of the molecule is CCCCCCC[CH2][Sn]([CH2]CCCCCCC)([O]CCCCCCCCCCCC=O)[O]CCCCCCCCCCCC=O. The monoisotopic (exact) mass is 745 g/mol. The summed E-state index contributed by atoms with van der Waals surface area (Å²) in [5, 5.41) is 0. The van der Waals surface area contributed by atoms with Crippen LogP contribution in [-0.4, -0.2) is 45.0 Å². The topological polar surface area (TPSA) is 52.6 Å². The Morgan fingerprint density at radius 2 is 0.622 bits per heavy atom. The minimum atomic E-state index is -3.10. The van der Waals surface area contributed by atoms with Gasteiger partial charge in [-0.1, -0.05) is 0 Å². The molecule has 0 aliphatic carbocycles. The van der Waals surface area contributed by atoms with Gasteiger partial charge in [-0.2, -0.15) is 0 Å². The Balaban J connectivity index is 4.66. The molecule has 0 saturated carbocycles. The van der Waals surface area contributed by atoms with Gasteiger partial charge in [0.1, 0.15) is 12.6 Å². The summed E-state index contributed by atoms with van der Waals surface area (Å²) in [7, 11) is 0. The van der Waals surface area contributed by atoms with Crippen LogP contribution in [0.5, 0.6) is 0 Å². The van der Waals surface area contributed by atoms with E-state index >= 15 is 0 Å². The Morgan fingerprint density at radius 1 is 0.356 bits per heavy atom. The maximum atomic E-state index is 10.5. The molecule has 0 amide bonds. The number of rotatable bonds is 40. The van der Waals surface area contributed by atoms with Gasteiger partial charge in [0.15, 0.2) is 0 Å². The molecule has 0 unspecified atom stereocenters. The average molecular weight is 744 g/mol.